The molecular formula is C14H15N5O2. The zero-order chi connectivity index (χ0) is 14.2. The van der Waals surface area contributed by atoms with Crippen molar-refractivity contribution in [1.82, 2.24) is 15.5 Å². The Morgan fingerprint density at radius 2 is 2.19 bits per heavy atom. The zero-order valence-electron chi connectivity index (χ0n) is 11.4. The van der Waals surface area contributed by atoms with Crippen LogP contribution >= 0.6 is 0 Å². The number of nitrogens with zero attached hydrogens (tertiary/aromatic N) is 3. The lowest BCUT2D eigenvalue weighted by Crippen LogP contribution is -2.35. The molecule has 0 radical (unpaired) electrons. The molecule has 4 rings (SSSR count). The molecule has 108 valence electrons. The lowest BCUT2D eigenvalue weighted by molar-refractivity contribution is -0.115. The van der Waals surface area contributed by atoms with Crippen molar-refractivity contribution >= 4 is 23.3 Å². The molecule has 2 aliphatic rings. The van der Waals surface area contributed by atoms with E-state index in [4.69, 9.17) is 4.42 Å². The van der Waals surface area contributed by atoms with Crippen LogP contribution in [0.3, 0.4) is 0 Å². The predicted octanol–water partition coefficient (Wildman–Crippen LogP) is 1.41. The third-order valence-corrected chi connectivity index (χ3v) is 3.58. The number of para-hydroxylation sites is 2. The van der Waals surface area contributed by atoms with Crippen LogP contribution in [0.1, 0.15) is 18.7 Å². The van der Waals surface area contributed by atoms with Gasteiger partial charge in [-0.1, -0.05) is 17.2 Å². The van der Waals surface area contributed by atoms with Gasteiger partial charge in [-0.05, 0) is 25.0 Å². The molecule has 0 unspecified atom stereocenters. The summed E-state index contributed by atoms with van der Waals surface area (Å²) in [5, 5.41) is 14.3. The van der Waals surface area contributed by atoms with Gasteiger partial charge in [0.25, 0.3) is 0 Å². The first-order chi connectivity index (χ1) is 10.3. The van der Waals surface area contributed by atoms with Crippen LogP contribution in [0, 0.1) is 0 Å². The third kappa shape index (κ3) is 2.47. The molecule has 1 aliphatic heterocycles. The molecule has 1 aliphatic carbocycles. The number of carbonyl (C=O) groups is 1. The number of carbonyl (C=O) groups excluding carboxylic acids is 1. The van der Waals surface area contributed by atoms with Gasteiger partial charge in [0.05, 0.1) is 17.9 Å². The van der Waals surface area contributed by atoms with E-state index in [9.17, 15) is 4.79 Å². The number of anilines is 3. The molecule has 0 bridgehead atoms. The molecule has 1 aromatic heterocycles. The fraction of sp³-hybridized carbons (Fsp3) is 0.357. The fourth-order valence-electron chi connectivity index (χ4n) is 2.35. The Balaban J connectivity index is 1.59. The molecule has 1 aromatic carbocycles. The maximum absolute atomic E-state index is 11.8. The smallest absolute Gasteiger partial charge is 0.323 e. The number of amides is 1. The van der Waals surface area contributed by atoms with Gasteiger partial charge in [0.1, 0.15) is 6.54 Å². The highest BCUT2D eigenvalue weighted by Gasteiger charge is 2.27. The lowest BCUT2D eigenvalue weighted by Gasteiger charge is -2.27. The van der Waals surface area contributed by atoms with Gasteiger partial charge in [-0.3, -0.25) is 9.69 Å². The van der Waals surface area contributed by atoms with Gasteiger partial charge < -0.3 is 15.1 Å². The predicted molar refractivity (Wildman–Crippen MR) is 76.2 cm³/mol. The number of fused-ring (bicyclic) bond motifs is 1. The molecule has 7 nitrogen and oxygen atoms in total. The highest BCUT2D eigenvalue weighted by molar-refractivity contribution is 6.02. The quantitative estimate of drug-likeness (QED) is 0.883. The van der Waals surface area contributed by atoms with Crippen LogP contribution in [0.25, 0.3) is 0 Å². The van der Waals surface area contributed by atoms with E-state index in [1.54, 1.807) is 4.90 Å². The SMILES string of the molecule is O=C1CN(c2nnc(CNC3CC3)o2)c2ccccc2N1. The van der Waals surface area contributed by atoms with E-state index in [2.05, 4.69) is 20.8 Å². The normalized spacial score (nSPS) is 17.5. The molecule has 7 heteroatoms. The first kappa shape index (κ1) is 12.3. The Kier molecular flexibility index (Phi) is 2.85. The van der Waals surface area contributed by atoms with E-state index in [-0.39, 0.29) is 12.5 Å². The van der Waals surface area contributed by atoms with Crippen molar-refractivity contribution in [3.05, 3.63) is 30.2 Å². The first-order valence-electron chi connectivity index (χ1n) is 7.02. The second kappa shape index (κ2) is 4.85. The second-order valence-electron chi connectivity index (χ2n) is 5.29. The number of rotatable bonds is 4. The van der Waals surface area contributed by atoms with Crippen molar-refractivity contribution in [3.8, 4) is 0 Å². The molecule has 1 fully saturated rings. The second-order valence-corrected chi connectivity index (χ2v) is 5.29. The van der Waals surface area contributed by atoms with Crippen LogP contribution in [0.2, 0.25) is 0 Å². The van der Waals surface area contributed by atoms with Gasteiger partial charge in [-0.25, -0.2) is 0 Å². The number of hydrogen-bond donors (Lipinski definition) is 2. The summed E-state index contributed by atoms with van der Waals surface area (Å²) in [6.07, 6.45) is 2.42. The first-order valence-corrected chi connectivity index (χ1v) is 7.02. The molecule has 0 saturated heterocycles. The Morgan fingerprint density at radius 1 is 1.33 bits per heavy atom. The summed E-state index contributed by atoms with van der Waals surface area (Å²) in [5.41, 5.74) is 1.62. The van der Waals surface area contributed by atoms with Gasteiger partial charge in [0.15, 0.2) is 0 Å². The highest BCUT2D eigenvalue weighted by atomic mass is 16.4. The van der Waals surface area contributed by atoms with E-state index in [0.717, 1.165) is 11.4 Å². The van der Waals surface area contributed by atoms with Gasteiger partial charge in [-0.15, -0.1) is 5.10 Å². The van der Waals surface area contributed by atoms with Crippen molar-refractivity contribution in [2.75, 3.05) is 16.8 Å². The van der Waals surface area contributed by atoms with Gasteiger partial charge in [0.2, 0.25) is 11.8 Å². The lowest BCUT2D eigenvalue weighted by atomic mass is 10.2. The molecule has 2 N–H and O–H groups in total. The molecule has 0 spiro atoms. The van der Waals surface area contributed by atoms with E-state index in [1.807, 2.05) is 24.3 Å². The van der Waals surface area contributed by atoms with E-state index >= 15 is 0 Å². The maximum Gasteiger partial charge on any atom is 0.323 e. The summed E-state index contributed by atoms with van der Waals surface area (Å²) in [5.74, 6) is 0.449. The summed E-state index contributed by atoms with van der Waals surface area (Å²) < 4.78 is 5.67. The monoisotopic (exact) mass is 285 g/mol. The molecule has 1 saturated carbocycles. The standard InChI is InChI=1S/C14H15N5O2/c20-12-8-19(11-4-2-1-3-10(11)16-12)14-18-17-13(21-14)7-15-9-5-6-9/h1-4,9,15H,5-8H2,(H,16,20). The minimum absolute atomic E-state index is 0.0930. The van der Waals surface area contributed by atoms with Crippen molar-refractivity contribution in [2.24, 2.45) is 0 Å². The van der Waals surface area contributed by atoms with Crippen LogP contribution in [0.4, 0.5) is 17.4 Å². The Hall–Kier alpha value is -2.41. The molecule has 0 atom stereocenters. The largest absolute Gasteiger partial charge is 0.406 e. The average molecular weight is 285 g/mol. The number of benzene rings is 1. The molecule has 21 heavy (non-hydrogen) atoms. The zero-order valence-corrected chi connectivity index (χ0v) is 11.4. The topological polar surface area (TPSA) is 83.3 Å². The average Bonchev–Trinajstić information content (AvgIpc) is 3.21. The van der Waals surface area contributed by atoms with Crippen molar-refractivity contribution in [1.29, 1.82) is 0 Å². The van der Waals surface area contributed by atoms with Gasteiger partial charge in [0, 0.05) is 6.04 Å². The summed E-state index contributed by atoms with van der Waals surface area (Å²) in [6, 6.07) is 8.50. The number of aromatic nitrogens is 2. The Morgan fingerprint density at radius 3 is 3.05 bits per heavy atom. The number of hydrogen-bond acceptors (Lipinski definition) is 6. The van der Waals surface area contributed by atoms with E-state index in [1.165, 1.54) is 12.8 Å². The Labute approximate surface area is 121 Å². The summed E-state index contributed by atoms with van der Waals surface area (Å²) in [4.78, 5) is 13.5. The van der Waals surface area contributed by atoms with Crippen LogP contribution < -0.4 is 15.5 Å². The van der Waals surface area contributed by atoms with Gasteiger partial charge in [-0.2, -0.15) is 0 Å². The van der Waals surface area contributed by atoms with E-state index < -0.39 is 0 Å². The highest BCUT2D eigenvalue weighted by Crippen LogP contribution is 2.33. The van der Waals surface area contributed by atoms with Crippen LogP contribution in [0.5, 0.6) is 0 Å². The van der Waals surface area contributed by atoms with Crippen molar-refractivity contribution < 1.29 is 9.21 Å². The Bertz CT molecular complexity index is 680. The van der Waals surface area contributed by atoms with Crippen LogP contribution in [-0.2, 0) is 11.3 Å². The summed E-state index contributed by atoms with van der Waals surface area (Å²) in [7, 11) is 0. The molecule has 1 amide bonds. The number of nitrogens with one attached hydrogen (secondary N) is 2. The van der Waals surface area contributed by atoms with Crippen molar-refractivity contribution in [3.63, 3.8) is 0 Å². The minimum Gasteiger partial charge on any atom is -0.406 e. The van der Waals surface area contributed by atoms with Gasteiger partial charge >= 0.3 is 6.01 Å². The van der Waals surface area contributed by atoms with Crippen LogP contribution in [-0.4, -0.2) is 28.7 Å². The summed E-state index contributed by atoms with van der Waals surface area (Å²) in [6.45, 7) is 0.744. The molecular weight excluding hydrogens is 270 g/mol. The maximum atomic E-state index is 11.8. The molecule has 2 aromatic rings. The van der Waals surface area contributed by atoms with Crippen LogP contribution in [0.15, 0.2) is 28.7 Å². The third-order valence-electron chi connectivity index (χ3n) is 3.58. The minimum atomic E-state index is -0.0930. The summed E-state index contributed by atoms with van der Waals surface area (Å²) >= 11 is 0. The van der Waals surface area contributed by atoms with E-state index in [0.29, 0.717) is 24.5 Å². The molecule has 2 heterocycles. The van der Waals surface area contributed by atoms with Crippen molar-refractivity contribution in [2.45, 2.75) is 25.4 Å². The fourth-order valence-corrected chi connectivity index (χ4v) is 2.35.